The number of carbonyl (C=O) groups excluding carboxylic acids is 1. The number of amides is 1. The molecular formula is C22H18F2N6O2. The molecule has 3 heterocycles. The van der Waals surface area contributed by atoms with Crippen molar-refractivity contribution in [1.82, 2.24) is 30.0 Å². The first-order valence-electron chi connectivity index (χ1n) is 10.1. The van der Waals surface area contributed by atoms with Gasteiger partial charge in [0.25, 0.3) is 5.91 Å². The molecule has 1 fully saturated rings. The lowest BCUT2D eigenvalue weighted by atomic mass is 10.1. The number of aryl methyl sites for hydroxylation is 1. The van der Waals surface area contributed by atoms with Gasteiger partial charge in [0, 0.05) is 6.54 Å². The van der Waals surface area contributed by atoms with Crippen LogP contribution in [-0.4, -0.2) is 42.5 Å². The van der Waals surface area contributed by atoms with E-state index in [1.165, 1.54) is 29.3 Å². The predicted molar refractivity (Wildman–Crippen MR) is 109 cm³/mol. The Labute approximate surface area is 181 Å². The maximum absolute atomic E-state index is 14.1. The molecule has 162 valence electrons. The monoisotopic (exact) mass is 436 g/mol. The van der Waals surface area contributed by atoms with Crippen molar-refractivity contribution in [2.45, 2.75) is 25.8 Å². The lowest BCUT2D eigenvalue weighted by Gasteiger charge is -2.23. The molecular weight excluding hydrogens is 418 g/mol. The Kier molecular flexibility index (Phi) is 4.96. The summed E-state index contributed by atoms with van der Waals surface area (Å²) in [4.78, 5) is 20.9. The summed E-state index contributed by atoms with van der Waals surface area (Å²) in [5.74, 6) is -2.14. The van der Waals surface area contributed by atoms with Crippen LogP contribution in [0.3, 0.4) is 0 Å². The summed E-state index contributed by atoms with van der Waals surface area (Å²) in [5, 5.41) is 12.1. The number of rotatable bonds is 4. The summed E-state index contributed by atoms with van der Waals surface area (Å²) in [6.07, 6.45) is 4.43. The van der Waals surface area contributed by atoms with E-state index >= 15 is 0 Å². The van der Waals surface area contributed by atoms with E-state index < -0.39 is 17.7 Å². The zero-order valence-electron chi connectivity index (χ0n) is 17.1. The Bertz CT molecular complexity index is 1290. The second-order valence-corrected chi connectivity index (χ2v) is 7.55. The molecule has 10 heteroatoms. The second-order valence-electron chi connectivity index (χ2n) is 7.55. The maximum Gasteiger partial charge on any atom is 0.256 e. The highest BCUT2D eigenvalue weighted by molar-refractivity contribution is 5.98. The van der Waals surface area contributed by atoms with E-state index in [1.807, 2.05) is 13.0 Å². The molecule has 0 unspecified atom stereocenters. The number of hydrogen-bond donors (Lipinski definition) is 0. The topological polar surface area (TPSA) is 89.9 Å². The molecule has 0 N–H and O–H groups in total. The first-order valence-corrected chi connectivity index (χ1v) is 10.1. The van der Waals surface area contributed by atoms with Crippen LogP contribution >= 0.6 is 0 Å². The van der Waals surface area contributed by atoms with Crippen LogP contribution in [0.5, 0.6) is 0 Å². The molecule has 1 aliphatic rings. The van der Waals surface area contributed by atoms with Gasteiger partial charge in [0.2, 0.25) is 11.7 Å². The number of halogens is 2. The van der Waals surface area contributed by atoms with E-state index in [4.69, 9.17) is 4.52 Å². The Morgan fingerprint density at radius 2 is 1.97 bits per heavy atom. The van der Waals surface area contributed by atoms with Crippen LogP contribution in [-0.2, 0) is 0 Å². The Hall–Kier alpha value is -3.95. The fourth-order valence-corrected chi connectivity index (χ4v) is 3.91. The Balaban J connectivity index is 1.48. The van der Waals surface area contributed by atoms with Crippen LogP contribution in [0.25, 0.3) is 17.1 Å². The largest absolute Gasteiger partial charge is 0.337 e. The van der Waals surface area contributed by atoms with Crippen molar-refractivity contribution in [3.63, 3.8) is 0 Å². The average molecular weight is 436 g/mol. The lowest BCUT2D eigenvalue weighted by Crippen LogP contribution is -2.31. The molecule has 1 saturated heterocycles. The van der Waals surface area contributed by atoms with Crippen molar-refractivity contribution in [3.05, 3.63) is 77.4 Å². The zero-order valence-corrected chi connectivity index (χ0v) is 17.1. The molecule has 5 rings (SSSR count). The van der Waals surface area contributed by atoms with Gasteiger partial charge in [-0.2, -0.15) is 20.0 Å². The number of hydrogen-bond acceptors (Lipinski definition) is 6. The van der Waals surface area contributed by atoms with Gasteiger partial charge in [-0.3, -0.25) is 4.79 Å². The summed E-state index contributed by atoms with van der Waals surface area (Å²) < 4.78 is 33.1. The fraction of sp³-hybridized carbons (Fsp3) is 0.227. The van der Waals surface area contributed by atoms with Crippen LogP contribution in [0.2, 0.25) is 0 Å². The Morgan fingerprint density at radius 1 is 1.16 bits per heavy atom. The van der Waals surface area contributed by atoms with Gasteiger partial charge in [-0.1, -0.05) is 22.9 Å². The second kappa shape index (κ2) is 7.95. The minimum atomic E-state index is -1.05. The van der Waals surface area contributed by atoms with Gasteiger partial charge in [-0.25, -0.2) is 8.78 Å². The summed E-state index contributed by atoms with van der Waals surface area (Å²) in [5.41, 5.74) is 1.83. The third-order valence-corrected chi connectivity index (χ3v) is 5.45. The minimum absolute atomic E-state index is 0.0618. The molecule has 0 spiro atoms. The van der Waals surface area contributed by atoms with E-state index in [9.17, 15) is 13.6 Å². The smallest absolute Gasteiger partial charge is 0.256 e. The quantitative estimate of drug-likeness (QED) is 0.482. The first-order chi connectivity index (χ1) is 15.5. The van der Waals surface area contributed by atoms with E-state index in [1.54, 1.807) is 17.0 Å². The maximum atomic E-state index is 14.1. The van der Waals surface area contributed by atoms with Crippen LogP contribution in [0.15, 0.2) is 53.3 Å². The molecule has 2 aromatic heterocycles. The molecule has 1 aliphatic heterocycles. The Morgan fingerprint density at radius 3 is 2.78 bits per heavy atom. The summed E-state index contributed by atoms with van der Waals surface area (Å²) in [6, 6.07) is 8.76. The van der Waals surface area contributed by atoms with E-state index in [0.29, 0.717) is 24.2 Å². The number of carbonyl (C=O) groups is 1. The fourth-order valence-electron chi connectivity index (χ4n) is 3.91. The average Bonchev–Trinajstić information content (AvgIpc) is 3.56. The molecule has 0 radical (unpaired) electrons. The number of likely N-dealkylation sites (tertiary alicyclic amines) is 1. The van der Waals surface area contributed by atoms with Crippen LogP contribution in [0, 0.1) is 18.6 Å². The first kappa shape index (κ1) is 20.0. The van der Waals surface area contributed by atoms with Crippen LogP contribution < -0.4 is 0 Å². The van der Waals surface area contributed by atoms with Crippen molar-refractivity contribution in [2.24, 2.45) is 0 Å². The SMILES string of the molecule is Cc1ccc(-n2nccn2)c(C(=O)N2CCC[C@H]2c2nc(-c3cccc(F)c3F)no2)c1. The molecule has 32 heavy (non-hydrogen) atoms. The number of benzene rings is 2. The van der Waals surface area contributed by atoms with E-state index in [0.717, 1.165) is 18.1 Å². The highest BCUT2D eigenvalue weighted by Gasteiger charge is 2.36. The van der Waals surface area contributed by atoms with Gasteiger partial charge in [0.15, 0.2) is 11.6 Å². The zero-order chi connectivity index (χ0) is 22.2. The van der Waals surface area contributed by atoms with Crippen molar-refractivity contribution in [1.29, 1.82) is 0 Å². The molecule has 1 atom stereocenters. The van der Waals surface area contributed by atoms with E-state index in [2.05, 4.69) is 20.3 Å². The number of aromatic nitrogens is 5. The van der Waals surface area contributed by atoms with Gasteiger partial charge >= 0.3 is 0 Å². The summed E-state index contributed by atoms with van der Waals surface area (Å²) >= 11 is 0. The van der Waals surface area contributed by atoms with Gasteiger partial charge in [0.05, 0.1) is 29.2 Å². The highest BCUT2D eigenvalue weighted by Crippen LogP contribution is 2.34. The van der Waals surface area contributed by atoms with Crippen molar-refractivity contribution >= 4 is 5.91 Å². The molecule has 1 amide bonds. The predicted octanol–water partition coefficient (Wildman–Crippen LogP) is 3.88. The summed E-state index contributed by atoms with van der Waals surface area (Å²) in [7, 11) is 0. The van der Waals surface area contributed by atoms with Crippen molar-refractivity contribution in [3.8, 4) is 17.1 Å². The van der Waals surface area contributed by atoms with Crippen molar-refractivity contribution in [2.75, 3.05) is 6.54 Å². The molecule has 2 aromatic carbocycles. The molecule has 0 saturated carbocycles. The summed E-state index contributed by atoms with van der Waals surface area (Å²) in [6.45, 7) is 2.39. The minimum Gasteiger partial charge on any atom is -0.337 e. The van der Waals surface area contributed by atoms with Gasteiger partial charge < -0.3 is 9.42 Å². The number of nitrogens with zero attached hydrogens (tertiary/aromatic N) is 6. The van der Waals surface area contributed by atoms with E-state index in [-0.39, 0.29) is 23.2 Å². The van der Waals surface area contributed by atoms with Gasteiger partial charge in [-0.05, 0) is 44.0 Å². The normalized spacial score (nSPS) is 16.0. The molecule has 0 bridgehead atoms. The molecule has 8 nitrogen and oxygen atoms in total. The van der Waals surface area contributed by atoms with Gasteiger partial charge in [-0.15, -0.1) is 0 Å². The molecule has 4 aromatic rings. The standard InChI is InChI=1S/C22H18F2N6O2/c1-13-7-8-17(30-25-9-10-26-30)15(12-13)22(31)29-11-3-6-18(29)21-27-20(28-32-21)14-4-2-5-16(23)19(14)24/h2,4-5,7-10,12,18H,3,6,11H2,1H3/t18-/m0/s1. The van der Waals surface area contributed by atoms with Crippen LogP contribution in [0.1, 0.15) is 40.7 Å². The van der Waals surface area contributed by atoms with Crippen molar-refractivity contribution < 1.29 is 18.1 Å². The van der Waals surface area contributed by atoms with Gasteiger partial charge in [0.1, 0.15) is 6.04 Å². The molecule has 0 aliphatic carbocycles. The third-order valence-electron chi connectivity index (χ3n) is 5.45. The van der Waals surface area contributed by atoms with Crippen LogP contribution in [0.4, 0.5) is 8.78 Å². The third kappa shape index (κ3) is 3.43. The highest BCUT2D eigenvalue weighted by atomic mass is 19.2. The lowest BCUT2D eigenvalue weighted by molar-refractivity contribution is 0.0709.